The quantitative estimate of drug-likeness (QED) is 0.800. The molecule has 17 heavy (non-hydrogen) atoms. The molecule has 0 amide bonds. The van der Waals surface area contributed by atoms with Gasteiger partial charge >= 0.3 is 12.1 Å². The average Bonchev–Trinajstić information content (AvgIpc) is 2.55. The Morgan fingerprint density at radius 1 is 1.47 bits per heavy atom. The summed E-state index contributed by atoms with van der Waals surface area (Å²) < 4.78 is 38.8. The van der Waals surface area contributed by atoms with Crippen LogP contribution in [-0.4, -0.2) is 20.5 Å². The fourth-order valence-corrected chi connectivity index (χ4v) is 1.46. The lowest BCUT2D eigenvalue weighted by atomic mass is 10.2. The number of aromatic nitrogens is 2. The largest absolute Gasteiger partial charge is 0.476 e. The smallest absolute Gasteiger partial charge is 0.419 e. The summed E-state index contributed by atoms with van der Waals surface area (Å²) in [6, 6.07) is 1.94. The van der Waals surface area contributed by atoms with Crippen molar-refractivity contribution in [3.8, 4) is 0 Å². The Bertz CT molecular complexity index is 603. The van der Waals surface area contributed by atoms with Crippen molar-refractivity contribution in [2.75, 3.05) is 5.73 Å². The van der Waals surface area contributed by atoms with Gasteiger partial charge in [0.25, 0.3) is 0 Å². The van der Waals surface area contributed by atoms with Crippen LogP contribution in [0.1, 0.15) is 16.1 Å². The van der Waals surface area contributed by atoms with Crippen molar-refractivity contribution in [3.63, 3.8) is 0 Å². The number of hydrogen-bond donors (Lipinski definition) is 2. The Kier molecular flexibility index (Phi) is 2.23. The Morgan fingerprint density at radius 3 is 2.65 bits per heavy atom. The maximum atomic E-state index is 12.6. The summed E-state index contributed by atoms with van der Waals surface area (Å²) in [4.78, 5) is 14.1. The van der Waals surface area contributed by atoms with Crippen molar-refractivity contribution in [1.82, 2.24) is 9.38 Å². The summed E-state index contributed by atoms with van der Waals surface area (Å²) >= 11 is 0. The first kappa shape index (κ1) is 11.2. The lowest BCUT2D eigenvalue weighted by Gasteiger charge is -2.07. The van der Waals surface area contributed by atoms with Crippen LogP contribution >= 0.6 is 0 Å². The second-order valence-electron chi connectivity index (χ2n) is 3.26. The van der Waals surface area contributed by atoms with Crippen molar-refractivity contribution in [1.29, 1.82) is 0 Å². The summed E-state index contributed by atoms with van der Waals surface area (Å²) in [5.74, 6) is -1.81. The van der Waals surface area contributed by atoms with E-state index in [9.17, 15) is 18.0 Å². The van der Waals surface area contributed by atoms with E-state index in [1.165, 1.54) is 6.20 Å². The van der Waals surface area contributed by atoms with E-state index in [0.29, 0.717) is 0 Å². The number of aromatic carboxylic acids is 1. The number of imidazole rings is 1. The highest BCUT2D eigenvalue weighted by Crippen LogP contribution is 2.33. The first-order chi connectivity index (χ1) is 7.82. The molecule has 3 N–H and O–H groups in total. The molecule has 0 bridgehead atoms. The third-order valence-corrected chi connectivity index (χ3v) is 2.19. The van der Waals surface area contributed by atoms with Gasteiger partial charge in [0.15, 0.2) is 11.3 Å². The summed E-state index contributed by atoms with van der Waals surface area (Å²) in [7, 11) is 0. The molecule has 0 radical (unpaired) electrons. The van der Waals surface area contributed by atoms with E-state index < -0.39 is 29.1 Å². The Labute approximate surface area is 92.3 Å². The van der Waals surface area contributed by atoms with Crippen LogP contribution in [0.2, 0.25) is 0 Å². The van der Waals surface area contributed by atoms with E-state index in [0.717, 1.165) is 16.5 Å². The highest BCUT2D eigenvalue weighted by Gasteiger charge is 2.34. The number of carboxylic acids is 1. The number of hydrogen-bond acceptors (Lipinski definition) is 3. The van der Waals surface area contributed by atoms with Gasteiger partial charge < -0.3 is 10.8 Å². The normalized spacial score (nSPS) is 11.9. The molecule has 8 heteroatoms. The molecule has 2 rings (SSSR count). The van der Waals surface area contributed by atoms with Crippen molar-refractivity contribution in [3.05, 3.63) is 29.6 Å². The standard InChI is InChI=1S/C9H6F3N3O2/c10-9(11,12)4-2-1-3-15-6(13)5(8(16)17)14-7(4)15/h1-3H,13H2,(H,16,17). The van der Waals surface area contributed by atoms with Crippen LogP contribution in [0.4, 0.5) is 19.0 Å². The van der Waals surface area contributed by atoms with Crippen LogP contribution in [0.3, 0.4) is 0 Å². The predicted octanol–water partition coefficient (Wildman–Crippen LogP) is 1.63. The zero-order chi connectivity index (χ0) is 12.8. The van der Waals surface area contributed by atoms with E-state index in [-0.39, 0.29) is 5.82 Å². The first-order valence-electron chi connectivity index (χ1n) is 4.39. The van der Waals surface area contributed by atoms with Gasteiger partial charge in [0, 0.05) is 6.20 Å². The van der Waals surface area contributed by atoms with E-state index in [2.05, 4.69) is 4.98 Å². The monoisotopic (exact) mass is 245 g/mol. The second kappa shape index (κ2) is 3.37. The molecule has 2 aromatic rings. The summed E-state index contributed by atoms with van der Waals surface area (Å²) in [5, 5.41) is 8.72. The van der Waals surface area contributed by atoms with E-state index in [4.69, 9.17) is 10.8 Å². The van der Waals surface area contributed by atoms with E-state index in [1.807, 2.05) is 0 Å². The highest BCUT2D eigenvalue weighted by atomic mass is 19.4. The van der Waals surface area contributed by atoms with Gasteiger partial charge in [-0.1, -0.05) is 0 Å². The average molecular weight is 245 g/mol. The Hall–Kier alpha value is -2.25. The zero-order valence-corrected chi connectivity index (χ0v) is 8.19. The third-order valence-electron chi connectivity index (χ3n) is 2.19. The van der Waals surface area contributed by atoms with Crippen molar-refractivity contribution >= 4 is 17.4 Å². The summed E-state index contributed by atoms with van der Waals surface area (Å²) in [5.41, 5.74) is 3.26. The second-order valence-corrected chi connectivity index (χ2v) is 3.26. The number of anilines is 1. The molecule has 5 nitrogen and oxygen atoms in total. The molecular formula is C9H6F3N3O2. The molecule has 90 valence electrons. The van der Waals surface area contributed by atoms with Crippen LogP contribution in [0.5, 0.6) is 0 Å². The van der Waals surface area contributed by atoms with E-state index in [1.54, 1.807) is 0 Å². The molecule has 0 saturated carbocycles. The molecule has 0 aromatic carbocycles. The first-order valence-corrected chi connectivity index (χ1v) is 4.39. The number of nitrogens with two attached hydrogens (primary N) is 1. The zero-order valence-electron chi connectivity index (χ0n) is 8.19. The number of fused-ring (bicyclic) bond motifs is 1. The lowest BCUT2D eigenvalue weighted by molar-refractivity contribution is -0.136. The molecule has 2 heterocycles. The number of alkyl halides is 3. The van der Waals surface area contributed by atoms with E-state index >= 15 is 0 Å². The summed E-state index contributed by atoms with van der Waals surface area (Å²) in [6.07, 6.45) is -3.39. The maximum Gasteiger partial charge on any atom is 0.419 e. The number of carboxylic acid groups (broad SMARTS) is 1. The van der Waals surface area contributed by atoms with Gasteiger partial charge in [-0.15, -0.1) is 0 Å². The van der Waals surface area contributed by atoms with Crippen LogP contribution < -0.4 is 5.73 Å². The van der Waals surface area contributed by atoms with Gasteiger partial charge in [0.05, 0.1) is 5.56 Å². The number of pyridine rings is 1. The summed E-state index contributed by atoms with van der Waals surface area (Å²) in [6.45, 7) is 0. The molecule has 0 unspecified atom stereocenters. The SMILES string of the molecule is Nc1c(C(=O)O)nc2c(C(F)(F)F)cccn12. The van der Waals surface area contributed by atoms with Crippen molar-refractivity contribution in [2.45, 2.75) is 6.18 Å². The molecule has 0 fully saturated rings. The minimum Gasteiger partial charge on any atom is -0.476 e. The predicted molar refractivity (Wildman–Crippen MR) is 51.6 cm³/mol. The molecular weight excluding hydrogens is 239 g/mol. The van der Waals surface area contributed by atoms with Gasteiger partial charge in [-0.3, -0.25) is 4.40 Å². The molecule has 0 aliphatic heterocycles. The fourth-order valence-electron chi connectivity index (χ4n) is 1.46. The van der Waals surface area contributed by atoms with Gasteiger partial charge in [-0.05, 0) is 12.1 Å². The van der Waals surface area contributed by atoms with Crippen molar-refractivity contribution < 1.29 is 23.1 Å². The molecule has 0 spiro atoms. The van der Waals surface area contributed by atoms with Gasteiger partial charge in [0.1, 0.15) is 5.82 Å². The minimum atomic E-state index is -4.62. The van der Waals surface area contributed by atoms with Crippen LogP contribution in [0.25, 0.3) is 5.65 Å². The van der Waals surface area contributed by atoms with Gasteiger partial charge in [-0.25, -0.2) is 9.78 Å². The maximum absolute atomic E-state index is 12.6. The number of nitrogen functional groups attached to an aromatic ring is 1. The molecule has 0 aliphatic rings. The Balaban J connectivity index is 2.83. The number of nitrogens with zero attached hydrogens (tertiary/aromatic N) is 2. The molecule has 0 saturated heterocycles. The van der Waals surface area contributed by atoms with Crippen LogP contribution in [-0.2, 0) is 6.18 Å². The Morgan fingerprint density at radius 2 is 2.12 bits per heavy atom. The number of carbonyl (C=O) groups is 1. The number of rotatable bonds is 1. The van der Waals surface area contributed by atoms with Crippen LogP contribution in [0, 0.1) is 0 Å². The highest BCUT2D eigenvalue weighted by molar-refractivity contribution is 5.92. The minimum absolute atomic E-state index is 0.335. The van der Waals surface area contributed by atoms with Crippen LogP contribution in [0.15, 0.2) is 18.3 Å². The van der Waals surface area contributed by atoms with Gasteiger partial charge in [0.2, 0.25) is 0 Å². The fraction of sp³-hybridized carbons (Fsp3) is 0.111. The molecule has 0 aliphatic carbocycles. The molecule has 2 aromatic heterocycles. The van der Waals surface area contributed by atoms with Gasteiger partial charge in [-0.2, -0.15) is 13.2 Å². The lowest BCUT2D eigenvalue weighted by Crippen LogP contribution is -2.07. The third kappa shape index (κ3) is 1.67. The number of halogens is 3. The molecule has 0 atom stereocenters. The topological polar surface area (TPSA) is 80.6 Å². The van der Waals surface area contributed by atoms with Crippen molar-refractivity contribution in [2.24, 2.45) is 0 Å².